The Morgan fingerprint density at radius 1 is 1.04 bits per heavy atom. The maximum atomic E-state index is 12.6. The van der Waals surface area contributed by atoms with Crippen LogP contribution < -0.4 is 0 Å². The minimum atomic E-state index is -4.29. The summed E-state index contributed by atoms with van der Waals surface area (Å²) in [4.78, 5) is 10.8. The number of fused-ring (bicyclic) bond motifs is 1. The zero-order valence-corrected chi connectivity index (χ0v) is 14.0. The molecular weight excluding hydrogens is 343 g/mol. The molecule has 1 aromatic carbocycles. The molecule has 3 aromatic rings. The van der Waals surface area contributed by atoms with Gasteiger partial charge in [0, 0.05) is 24.9 Å². The van der Waals surface area contributed by atoms with E-state index in [-0.39, 0.29) is 0 Å². The highest BCUT2D eigenvalue weighted by molar-refractivity contribution is 5.72. The number of benzene rings is 1. The van der Waals surface area contributed by atoms with E-state index in [0.29, 0.717) is 18.1 Å². The first-order chi connectivity index (χ1) is 12.5. The number of piperidine rings is 1. The second kappa shape index (κ2) is 6.68. The third-order valence-corrected chi connectivity index (χ3v) is 4.90. The molecule has 136 valence electrons. The van der Waals surface area contributed by atoms with Gasteiger partial charge in [-0.25, -0.2) is 9.97 Å². The molecule has 1 fully saturated rings. The Morgan fingerprint density at radius 3 is 2.42 bits per heavy atom. The highest BCUT2D eigenvalue weighted by Crippen LogP contribution is 2.31. The van der Waals surface area contributed by atoms with Crippen LogP contribution in [0.2, 0.25) is 0 Å². The fourth-order valence-corrected chi connectivity index (χ4v) is 3.49. The molecule has 4 rings (SSSR count). The van der Waals surface area contributed by atoms with Gasteiger partial charge in [0.2, 0.25) is 0 Å². The third-order valence-electron chi connectivity index (χ3n) is 4.90. The van der Waals surface area contributed by atoms with E-state index < -0.39 is 11.7 Å². The first kappa shape index (κ1) is 17.0. The minimum absolute atomic E-state index is 0.348. The van der Waals surface area contributed by atoms with Gasteiger partial charge in [-0.05, 0) is 43.6 Å². The molecule has 0 unspecified atom stereocenters. The standard InChI is InChI=1S/C18H18F3N5/c19-18(20,21)14-3-1-12(2-4-14)11-26-9-5-13(6-10-26)15-16-17(25-24-15)23-8-7-22-16/h1-4,7-8,13H,5-6,9-11H2,(H,23,24,25). The predicted molar refractivity (Wildman–Crippen MR) is 90.4 cm³/mol. The SMILES string of the molecule is FC(F)(F)c1ccc(CN2CCC(c3[nH]nc4nccnc34)CC2)cc1. The Kier molecular flexibility index (Phi) is 4.36. The number of nitrogens with zero attached hydrogens (tertiary/aromatic N) is 4. The van der Waals surface area contributed by atoms with Gasteiger partial charge in [0.15, 0.2) is 5.65 Å². The van der Waals surface area contributed by atoms with Crippen molar-refractivity contribution in [2.45, 2.75) is 31.5 Å². The lowest BCUT2D eigenvalue weighted by Crippen LogP contribution is -2.32. The molecule has 3 heterocycles. The summed E-state index contributed by atoms with van der Waals surface area (Å²) in [5, 5.41) is 7.27. The summed E-state index contributed by atoms with van der Waals surface area (Å²) in [5.41, 5.74) is 2.78. The minimum Gasteiger partial charge on any atom is -0.299 e. The summed E-state index contributed by atoms with van der Waals surface area (Å²) in [6.07, 6.45) is 0.913. The number of aromatic amines is 1. The van der Waals surface area contributed by atoms with E-state index in [0.717, 1.165) is 54.8 Å². The Morgan fingerprint density at radius 2 is 1.73 bits per heavy atom. The van der Waals surface area contributed by atoms with E-state index in [1.165, 1.54) is 0 Å². The van der Waals surface area contributed by atoms with Gasteiger partial charge in [-0.3, -0.25) is 10.00 Å². The molecule has 0 saturated carbocycles. The normalized spacial score (nSPS) is 17.0. The average Bonchev–Trinajstić information content (AvgIpc) is 3.06. The van der Waals surface area contributed by atoms with Crippen LogP contribution in [0.25, 0.3) is 11.2 Å². The molecule has 0 bridgehead atoms. The van der Waals surface area contributed by atoms with Crippen molar-refractivity contribution in [2.75, 3.05) is 13.1 Å². The van der Waals surface area contributed by atoms with Gasteiger partial charge < -0.3 is 0 Å². The lowest BCUT2D eigenvalue weighted by Gasteiger charge is -2.31. The fraction of sp³-hybridized carbons (Fsp3) is 0.389. The third kappa shape index (κ3) is 3.41. The number of hydrogen-bond donors (Lipinski definition) is 1. The summed E-state index contributed by atoms with van der Waals surface area (Å²) < 4.78 is 37.9. The van der Waals surface area contributed by atoms with Gasteiger partial charge in [0.1, 0.15) is 5.52 Å². The van der Waals surface area contributed by atoms with Crippen LogP contribution >= 0.6 is 0 Å². The highest BCUT2D eigenvalue weighted by atomic mass is 19.4. The summed E-state index contributed by atoms with van der Waals surface area (Å²) in [6.45, 7) is 2.42. The molecule has 0 radical (unpaired) electrons. The summed E-state index contributed by atoms with van der Waals surface area (Å²) >= 11 is 0. The number of likely N-dealkylation sites (tertiary alicyclic amines) is 1. The number of nitrogens with one attached hydrogen (secondary N) is 1. The zero-order chi connectivity index (χ0) is 18.1. The molecule has 5 nitrogen and oxygen atoms in total. The van der Waals surface area contributed by atoms with Crippen LogP contribution in [0, 0.1) is 0 Å². The van der Waals surface area contributed by atoms with Crippen molar-refractivity contribution in [2.24, 2.45) is 0 Å². The molecule has 1 saturated heterocycles. The van der Waals surface area contributed by atoms with Crippen LogP contribution in [0.4, 0.5) is 13.2 Å². The van der Waals surface area contributed by atoms with E-state index in [1.807, 2.05) is 0 Å². The Balaban J connectivity index is 1.38. The monoisotopic (exact) mass is 361 g/mol. The maximum Gasteiger partial charge on any atom is 0.416 e. The van der Waals surface area contributed by atoms with Crippen molar-refractivity contribution in [1.29, 1.82) is 0 Å². The molecule has 1 aliphatic rings. The summed E-state index contributed by atoms with van der Waals surface area (Å²) in [7, 11) is 0. The molecule has 2 aromatic heterocycles. The molecule has 8 heteroatoms. The lowest BCUT2D eigenvalue weighted by atomic mass is 9.93. The number of halogens is 3. The highest BCUT2D eigenvalue weighted by Gasteiger charge is 2.30. The molecular formula is C18H18F3N5. The molecule has 26 heavy (non-hydrogen) atoms. The van der Waals surface area contributed by atoms with E-state index in [2.05, 4.69) is 25.1 Å². The second-order valence-electron chi connectivity index (χ2n) is 6.61. The van der Waals surface area contributed by atoms with E-state index >= 15 is 0 Å². The topological polar surface area (TPSA) is 57.7 Å². The van der Waals surface area contributed by atoms with Crippen LogP contribution in [-0.2, 0) is 12.7 Å². The van der Waals surface area contributed by atoms with Crippen LogP contribution in [-0.4, -0.2) is 38.2 Å². The van der Waals surface area contributed by atoms with Gasteiger partial charge in [-0.15, -0.1) is 0 Å². The Bertz CT molecular complexity index is 880. The number of H-pyrrole nitrogens is 1. The molecule has 0 atom stereocenters. The van der Waals surface area contributed by atoms with Crippen molar-refractivity contribution in [3.05, 3.63) is 53.5 Å². The van der Waals surface area contributed by atoms with Crippen molar-refractivity contribution < 1.29 is 13.2 Å². The molecule has 0 amide bonds. The van der Waals surface area contributed by atoms with Crippen LogP contribution in [0.15, 0.2) is 36.7 Å². The first-order valence-corrected chi connectivity index (χ1v) is 8.54. The van der Waals surface area contributed by atoms with Gasteiger partial charge >= 0.3 is 6.18 Å². The van der Waals surface area contributed by atoms with Crippen molar-refractivity contribution in [1.82, 2.24) is 25.1 Å². The Labute approximate surface area is 148 Å². The number of alkyl halides is 3. The number of aromatic nitrogens is 4. The van der Waals surface area contributed by atoms with Gasteiger partial charge in [0.25, 0.3) is 0 Å². The number of hydrogen-bond acceptors (Lipinski definition) is 4. The van der Waals surface area contributed by atoms with Crippen molar-refractivity contribution in [3.8, 4) is 0 Å². The number of rotatable bonds is 3. The Hall–Kier alpha value is -2.48. The largest absolute Gasteiger partial charge is 0.416 e. The molecule has 0 spiro atoms. The van der Waals surface area contributed by atoms with Crippen LogP contribution in [0.5, 0.6) is 0 Å². The molecule has 1 N–H and O–H groups in total. The second-order valence-corrected chi connectivity index (χ2v) is 6.61. The van der Waals surface area contributed by atoms with Gasteiger partial charge in [-0.2, -0.15) is 18.3 Å². The summed E-state index contributed by atoms with van der Waals surface area (Å²) in [6, 6.07) is 5.43. The van der Waals surface area contributed by atoms with Crippen LogP contribution in [0.1, 0.15) is 35.6 Å². The quantitative estimate of drug-likeness (QED) is 0.772. The average molecular weight is 361 g/mol. The van der Waals surface area contributed by atoms with Crippen molar-refractivity contribution >= 4 is 11.2 Å². The van der Waals surface area contributed by atoms with Crippen LogP contribution in [0.3, 0.4) is 0 Å². The smallest absolute Gasteiger partial charge is 0.299 e. The van der Waals surface area contributed by atoms with E-state index in [4.69, 9.17) is 0 Å². The maximum absolute atomic E-state index is 12.6. The van der Waals surface area contributed by atoms with E-state index in [1.54, 1.807) is 24.5 Å². The fourth-order valence-electron chi connectivity index (χ4n) is 3.49. The molecule has 1 aliphatic heterocycles. The van der Waals surface area contributed by atoms with Gasteiger partial charge in [-0.1, -0.05) is 12.1 Å². The predicted octanol–water partition coefficient (Wildman–Crippen LogP) is 3.75. The first-order valence-electron chi connectivity index (χ1n) is 8.54. The summed E-state index contributed by atoms with van der Waals surface area (Å²) in [5.74, 6) is 0.348. The van der Waals surface area contributed by atoms with Crippen molar-refractivity contribution in [3.63, 3.8) is 0 Å². The zero-order valence-electron chi connectivity index (χ0n) is 14.0. The molecule has 0 aliphatic carbocycles. The van der Waals surface area contributed by atoms with Gasteiger partial charge in [0.05, 0.1) is 11.3 Å². The lowest BCUT2D eigenvalue weighted by molar-refractivity contribution is -0.137. The van der Waals surface area contributed by atoms with E-state index in [9.17, 15) is 13.2 Å².